The molecule has 1 rings (SSSR count). The van der Waals surface area contributed by atoms with Gasteiger partial charge in [0.25, 0.3) is 0 Å². The molecule has 0 aromatic carbocycles. The summed E-state index contributed by atoms with van der Waals surface area (Å²) < 4.78 is 1.49. The third kappa shape index (κ3) is 1.39. The maximum absolute atomic E-state index is 9.56. The number of thioether (sulfide) groups is 1. The molecule has 1 heterocycles. The zero-order chi connectivity index (χ0) is 9.30. The van der Waals surface area contributed by atoms with Crippen molar-refractivity contribution in [1.29, 1.82) is 0 Å². The largest absolute Gasteiger partial charge is 0.494 e. The molecule has 0 atom stereocenters. The molecule has 0 radical (unpaired) electrons. The highest BCUT2D eigenvalue weighted by atomic mass is 32.2. The van der Waals surface area contributed by atoms with Gasteiger partial charge in [0, 0.05) is 12.1 Å². The summed E-state index contributed by atoms with van der Waals surface area (Å²) in [5.41, 5.74) is 0. The lowest BCUT2D eigenvalue weighted by atomic mass is 10.4. The summed E-state index contributed by atoms with van der Waals surface area (Å²) in [7, 11) is 0. The molecule has 0 saturated carbocycles. The van der Waals surface area contributed by atoms with Crippen molar-refractivity contribution in [3.63, 3.8) is 0 Å². The van der Waals surface area contributed by atoms with Crippen LogP contribution in [0.25, 0.3) is 0 Å². The van der Waals surface area contributed by atoms with Gasteiger partial charge in [-0.15, -0.1) is 11.8 Å². The van der Waals surface area contributed by atoms with Crippen molar-refractivity contribution in [3.8, 4) is 11.8 Å². The van der Waals surface area contributed by atoms with E-state index in [1.807, 2.05) is 20.1 Å². The van der Waals surface area contributed by atoms with Gasteiger partial charge in [0.05, 0.1) is 4.90 Å². The molecule has 0 unspecified atom stereocenters. The van der Waals surface area contributed by atoms with Crippen molar-refractivity contribution in [2.75, 3.05) is 6.26 Å². The van der Waals surface area contributed by atoms with E-state index in [0.29, 0.717) is 4.90 Å². The Labute approximate surface area is 76.0 Å². The van der Waals surface area contributed by atoms with Crippen molar-refractivity contribution < 1.29 is 10.2 Å². The third-order valence-corrected chi connectivity index (χ3v) is 2.43. The van der Waals surface area contributed by atoms with Crippen molar-refractivity contribution in [3.05, 3.63) is 6.07 Å². The fourth-order valence-electron chi connectivity index (χ4n) is 1.14. The van der Waals surface area contributed by atoms with Crippen molar-refractivity contribution in [1.82, 2.24) is 4.57 Å². The summed E-state index contributed by atoms with van der Waals surface area (Å²) >= 11 is 1.42. The van der Waals surface area contributed by atoms with Gasteiger partial charge in [-0.3, -0.25) is 4.57 Å². The van der Waals surface area contributed by atoms with Crippen LogP contribution in [0.3, 0.4) is 0 Å². The zero-order valence-electron chi connectivity index (χ0n) is 7.40. The Morgan fingerprint density at radius 1 is 1.42 bits per heavy atom. The van der Waals surface area contributed by atoms with E-state index in [1.165, 1.54) is 16.3 Å². The highest BCUT2D eigenvalue weighted by Crippen LogP contribution is 2.36. The first kappa shape index (κ1) is 9.32. The zero-order valence-corrected chi connectivity index (χ0v) is 8.22. The maximum Gasteiger partial charge on any atom is 0.208 e. The number of hydrogen-bond donors (Lipinski definition) is 2. The number of aromatic nitrogens is 1. The van der Waals surface area contributed by atoms with Crippen LogP contribution in [0.15, 0.2) is 11.0 Å². The molecule has 0 aliphatic carbocycles. The highest BCUT2D eigenvalue weighted by molar-refractivity contribution is 7.98. The van der Waals surface area contributed by atoms with Gasteiger partial charge in [0.15, 0.2) is 5.88 Å². The average molecular weight is 187 g/mol. The average Bonchev–Trinajstić information content (AvgIpc) is 2.25. The van der Waals surface area contributed by atoms with Crippen LogP contribution in [0.2, 0.25) is 0 Å². The van der Waals surface area contributed by atoms with Crippen molar-refractivity contribution >= 4 is 11.8 Å². The molecule has 12 heavy (non-hydrogen) atoms. The van der Waals surface area contributed by atoms with Gasteiger partial charge in [-0.1, -0.05) is 0 Å². The van der Waals surface area contributed by atoms with Gasteiger partial charge in [-0.05, 0) is 20.1 Å². The van der Waals surface area contributed by atoms with Gasteiger partial charge >= 0.3 is 0 Å². The molecule has 0 aliphatic rings. The lowest BCUT2D eigenvalue weighted by Crippen LogP contribution is -1.98. The predicted molar refractivity (Wildman–Crippen MR) is 49.9 cm³/mol. The van der Waals surface area contributed by atoms with E-state index < -0.39 is 0 Å². The van der Waals surface area contributed by atoms with Crippen LogP contribution >= 0.6 is 11.8 Å². The second-order valence-corrected chi connectivity index (χ2v) is 3.71. The predicted octanol–water partition coefficient (Wildman–Crippen LogP) is 2.20. The summed E-state index contributed by atoms with van der Waals surface area (Å²) in [6.07, 6.45) is 1.86. The lowest BCUT2D eigenvalue weighted by Gasteiger charge is -2.09. The quantitative estimate of drug-likeness (QED) is 0.698. The van der Waals surface area contributed by atoms with E-state index in [-0.39, 0.29) is 17.8 Å². The molecule has 0 fully saturated rings. The number of aromatic hydroxyl groups is 2. The summed E-state index contributed by atoms with van der Waals surface area (Å²) in [4.78, 5) is 0.709. The molecular formula is C8H13NO2S. The summed E-state index contributed by atoms with van der Waals surface area (Å²) in [5.74, 6) is 0.266. The molecule has 0 bridgehead atoms. The van der Waals surface area contributed by atoms with Crippen LogP contribution in [0.5, 0.6) is 11.8 Å². The van der Waals surface area contributed by atoms with E-state index in [9.17, 15) is 10.2 Å². The maximum atomic E-state index is 9.56. The lowest BCUT2D eigenvalue weighted by molar-refractivity contribution is 0.346. The van der Waals surface area contributed by atoms with Gasteiger partial charge < -0.3 is 10.2 Å². The fraction of sp³-hybridized carbons (Fsp3) is 0.500. The Morgan fingerprint density at radius 3 is 2.25 bits per heavy atom. The summed E-state index contributed by atoms with van der Waals surface area (Å²) in [6.45, 7) is 3.81. The minimum atomic E-state index is 0.0749. The minimum Gasteiger partial charge on any atom is -0.494 e. The first-order valence-electron chi connectivity index (χ1n) is 3.75. The molecule has 4 heteroatoms. The minimum absolute atomic E-state index is 0.0749. The smallest absolute Gasteiger partial charge is 0.208 e. The molecule has 3 nitrogen and oxygen atoms in total. The molecule has 1 aromatic rings. The van der Waals surface area contributed by atoms with E-state index in [2.05, 4.69) is 0 Å². The first-order chi connectivity index (χ1) is 5.57. The molecule has 0 aliphatic heterocycles. The number of hydrogen-bond acceptors (Lipinski definition) is 3. The second-order valence-electron chi connectivity index (χ2n) is 2.86. The Bertz CT molecular complexity index is 281. The third-order valence-electron chi connectivity index (χ3n) is 1.69. The van der Waals surface area contributed by atoms with Gasteiger partial charge in [-0.2, -0.15) is 0 Å². The van der Waals surface area contributed by atoms with E-state index in [0.717, 1.165) is 0 Å². The fourth-order valence-corrected chi connectivity index (χ4v) is 1.64. The highest BCUT2D eigenvalue weighted by Gasteiger charge is 2.14. The summed E-state index contributed by atoms with van der Waals surface area (Å²) in [5, 5.41) is 19.0. The molecule has 0 amide bonds. The molecule has 1 aromatic heterocycles. The standard InChI is InChI=1S/C8H13NO2S/c1-5(2)9-7(10)4-6(12-3)8(9)11/h4-5,10-11H,1-3H3. The Balaban J connectivity index is 3.19. The topological polar surface area (TPSA) is 45.4 Å². The molecule has 2 N–H and O–H groups in total. The Kier molecular flexibility index (Phi) is 2.57. The van der Waals surface area contributed by atoms with Crippen LogP contribution in [0.1, 0.15) is 19.9 Å². The van der Waals surface area contributed by atoms with E-state index in [1.54, 1.807) is 6.07 Å². The monoisotopic (exact) mass is 187 g/mol. The molecule has 68 valence electrons. The van der Waals surface area contributed by atoms with Gasteiger partial charge in [0.1, 0.15) is 0 Å². The first-order valence-corrected chi connectivity index (χ1v) is 4.97. The Morgan fingerprint density at radius 2 is 2.00 bits per heavy atom. The SMILES string of the molecule is CSc1cc(O)n(C(C)C)c1O. The van der Waals surface area contributed by atoms with Crippen LogP contribution in [-0.2, 0) is 0 Å². The van der Waals surface area contributed by atoms with E-state index in [4.69, 9.17) is 0 Å². The van der Waals surface area contributed by atoms with E-state index >= 15 is 0 Å². The van der Waals surface area contributed by atoms with Crippen LogP contribution in [-0.4, -0.2) is 21.0 Å². The van der Waals surface area contributed by atoms with Crippen LogP contribution < -0.4 is 0 Å². The normalized spacial score (nSPS) is 11.0. The Hall–Kier alpha value is -0.770. The van der Waals surface area contributed by atoms with Crippen LogP contribution in [0, 0.1) is 0 Å². The van der Waals surface area contributed by atoms with Gasteiger partial charge in [0.2, 0.25) is 5.88 Å². The number of rotatable bonds is 2. The second kappa shape index (κ2) is 3.31. The van der Waals surface area contributed by atoms with Gasteiger partial charge in [-0.25, -0.2) is 0 Å². The van der Waals surface area contributed by atoms with Crippen LogP contribution in [0.4, 0.5) is 0 Å². The van der Waals surface area contributed by atoms with Crippen molar-refractivity contribution in [2.45, 2.75) is 24.8 Å². The molecular weight excluding hydrogens is 174 g/mol. The molecule has 0 spiro atoms. The summed E-state index contributed by atoms with van der Waals surface area (Å²) in [6, 6.07) is 1.64. The number of nitrogens with zero attached hydrogens (tertiary/aromatic N) is 1. The molecule has 0 saturated heterocycles. The van der Waals surface area contributed by atoms with Crippen molar-refractivity contribution in [2.24, 2.45) is 0 Å².